The van der Waals surface area contributed by atoms with E-state index in [2.05, 4.69) is 43.4 Å². The molecule has 16 heavy (non-hydrogen) atoms. The van der Waals surface area contributed by atoms with Gasteiger partial charge in [-0.1, -0.05) is 25.5 Å². The van der Waals surface area contributed by atoms with E-state index in [1.807, 2.05) is 11.9 Å². The van der Waals surface area contributed by atoms with Gasteiger partial charge >= 0.3 is 0 Å². The van der Waals surface area contributed by atoms with Gasteiger partial charge in [0, 0.05) is 19.3 Å². The smallest absolute Gasteiger partial charge is 0.173 e. The first-order valence-electron chi connectivity index (χ1n) is 5.73. The van der Waals surface area contributed by atoms with Crippen LogP contribution in [0, 0.1) is 6.92 Å². The summed E-state index contributed by atoms with van der Waals surface area (Å²) in [6.45, 7) is 5.21. The van der Waals surface area contributed by atoms with Crippen LogP contribution >= 0.6 is 12.2 Å². The van der Waals surface area contributed by atoms with Crippen molar-refractivity contribution in [2.45, 2.75) is 26.7 Å². The number of unbranched alkanes of at least 4 members (excludes halogenated alkanes) is 1. The Bertz CT molecular complexity index is 350. The molecular formula is C13H20N2S. The summed E-state index contributed by atoms with van der Waals surface area (Å²) < 4.78 is 0. The topological polar surface area (TPSA) is 15.3 Å². The van der Waals surface area contributed by atoms with Crippen molar-refractivity contribution in [1.82, 2.24) is 5.32 Å². The van der Waals surface area contributed by atoms with Crippen LogP contribution in [0.25, 0.3) is 0 Å². The van der Waals surface area contributed by atoms with Crippen molar-refractivity contribution in [2.75, 3.05) is 18.5 Å². The van der Waals surface area contributed by atoms with Gasteiger partial charge in [0.2, 0.25) is 0 Å². The fourth-order valence-corrected chi connectivity index (χ4v) is 1.65. The van der Waals surface area contributed by atoms with Crippen molar-refractivity contribution < 1.29 is 0 Å². The Kier molecular flexibility index (Phi) is 5.26. The first-order valence-corrected chi connectivity index (χ1v) is 6.14. The van der Waals surface area contributed by atoms with Crippen LogP contribution in [0.15, 0.2) is 24.3 Å². The Labute approximate surface area is 104 Å². The van der Waals surface area contributed by atoms with E-state index in [9.17, 15) is 0 Å². The van der Waals surface area contributed by atoms with E-state index in [-0.39, 0.29) is 0 Å². The molecule has 0 heterocycles. The molecule has 2 nitrogen and oxygen atoms in total. The molecule has 88 valence electrons. The zero-order chi connectivity index (χ0) is 12.0. The number of hydrogen-bond donors (Lipinski definition) is 1. The van der Waals surface area contributed by atoms with Gasteiger partial charge < -0.3 is 10.2 Å². The monoisotopic (exact) mass is 236 g/mol. The molecule has 0 radical (unpaired) electrons. The largest absolute Gasteiger partial charge is 0.362 e. The molecule has 0 spiro atoms. The van der Waals surface area contributed by atoms with Crippen molar-refractivity contribution in [1.29, 1.82) is 0 Å². The third kappa shape index (κ3) is 3.81. The van der Waals surface area contributed by atoms with Gasteiger partial charge in [-0.15, -0.1) is 0 Å². The summed E-state index contributed by atoms with van der Waals surface area (Å²) in [7, 11) is 2.00. The van der Waals surface area contributed by atoms with Crippen LogP contribution in [0.4, 0.5) is 5.69 Å². The molecule has 0 unspecified atom stereocenters. The second-order valence-electron chi connectivity index (χ2n) is 3.98. The molecule has 0 aliphatic heterocycles. The van der Waals surface area contributed by atoms with Gasteiger partial charge in [0.1, 0.15) is 0 Å². The standard InChI is InChI=1S/C13H20N2S/c1-4-5-9-14-13(16)15(3)12-8-6-7-11(2)10-12/h6-8,10H,4-5,9H2,1-3H3,(H,14,16). The minimum atomic E-state index is 0.791. The van der Waals surface area contributed by atoms with Crippen molar-refractivity contribution in [3.63, 3.8) is 0 Å². The molecule has 0 atom stereocenters. The van der Waals surface area contributed by atoms with E-state index in [0.717, 1.165) is 23.8 Å². The number of anilines is 1. The van der Waals surface area contributed by atoms with Crippen molar-refractivity contribution in [2.24, 2.45) is 0 Å². The zero-order valence-electron chi connectivity index (χ0n) is 10.3. The van der Waals surface area contributed by atoms with E-state index in [1.165, 1.54) is 12.0 Å². The predicted molar refractivity (Wildman–Crippen MR) is 75.1 cm³/mol. The Morgan fingerprint density at radius 3 is 2.81 bits per heavy atom. The highest BCUT2D eigenvalue weighted by Crippen LogP contribution is 2.14. The average molecular weight is 236 g/mol. The summed E-state index contributed by atoms with van der Waals surface area (Å²) in [6, 6.07) is 8.34. The van der Waals surface area contributed by atoms with E-state index in [0.29, 0.717) is 0 Å². The highest BCUT2D eigenvalue weighted by atomic mass is 32.1. The van der Waals surface area contributed by atoms with Crippen molar-refractivity contribution >= 4 is 23.0 Å². The van der Waals surface area contributed by atoms with Crippen LogP contribution in [-0.4, -0.2) is 18.7 Å². The number of rotatable bonds is 4. The number of hydrogen-bond acceptors (Lipinski definition) is 1. The fraction of sp³-hybridized carbons (Fsp3) is 0.462. The maximum Gasteiger partial charge on any atom is 0.173 e. The Hall–Kier alpha value is -1.09. The third-order valence-electron chi connectivity index (χ3n) is 2.50. The lowest BCUT2D eigenvalue weighted by molar-refractivity contribution is 0.754. The molecule has 0 fully saturated rings. The summed E-state index contributed by atoms with van der Waals surface area (Å²) in [5, 5.41) is 4.05. The molecule has 1 aromatic rings. The first kappa shape index (κ1) is 13.0. The van der Waals surface area contributed by atoms with Gasteiger partial charge in [0.25, 0.3) is 0 Å². The molecule has 0 aliphatic carbocycles. The fourth-order valence-electron chi connectivity index (χ4n) is 1.44. The van der Waals surface area contributed by atoms with E-state index in [1.54, 1.807) is 0 Å². The molecule has 3 heteroatoms. The van der Waals surface area contributed by atoms with Gasteiger partial charge in [-0.3, -0.25) is 0 Å². The first-order chi connectivity index (χ1) is 7.65. The van der Waals surface area contributed by atoms with Crippen molar-refractivity contribution in [3.05, 3.63) is 29.8 Å². The molecular weight excluding hydrogens is 216 g/mol. The second-order valence-corrected chi connectivity index (χ2v) is 4.37. The molecule has 0 amide bonds. The van der Waals surface area contributed by atoms with Crippen LogP contribution in [0.3, 0.4) is 0 Å². The number of nitrogens with zero attached hydrogens (tertiary/aromatic N) is 1. The summed E-state index contributed by atoms with van der Waals surface area (Å²) in [6.07, 6.45) is 2.34. The molecule has 1 aromatic carbocycles. The second kappa shape index (κ2) is 6.48. The molecule has 0 aliphatic rings. The normalized spacial score (nSPS) is 9.94. The lowest BCUT2D eigenvalue weighted by Crippen LogP contribution is -2.37. The van der Waals surface area contributed by atoms with Gasteiger partial charge in [-0.2, -0.15) is 0 Å². The third-order valence-corrected chi connectivity index (χ3v) is 2.92. The highest BCUT2D eigenvalue weighted by Gasteiger charge is 2.05. The summed E-state index contributed by atoms with van der Waals surface area (Å²) in [5.41, 5.74) is 2.38. The van der Waals surface area contributed by atoms with Gasteiger partial charge in [-0.25, -0.2) is 0 Å². The zero-order valence-corrected chi connectivity index (χ0v) is 11.1. The minimum absolute atomic E-state index is 0.791. The van der Waals surface area contributed by atoms with Crippen LogP contribution in [-0.2, 0) is 0 Å². The summed E-state index contributed by atoms with van der Waals surface area (Å²) in [5.74, 6) is 0. The quantitative estimate of drug-likeness (QED) is 0.639. The maximum absolute atomic E-state index is 5.33. The van der Waals surface area contributed by atoms with Gasteiger partial charge in [0.05, 0.1) is 0 Å². The number of nitrogens with one attached hydrogen (secondary N) is 1. The molecule has 0 saturated heterocycles. The lowest BCUT2D eigenvalue weighted by atomic mass is 10.2. The summed E-state index contributed by atoms with van der Waals surface area (Å²) in [4.78, 5) is 2.01. The Balaban J connectivity index is 2.56. The van der Waals surface area contributed by atoms with Crippen LogP contribution in [0.1, 0.15) is 25.3 Å². The number of benzene rings is 1. The van der Waals surface area contributed by atoms with E-state index < -0.39 is 0 Å². The SMILES string of the molecule is CCCCNC(=S)N(C)c1cccc(C)c1. The molecule has 1 rings (SSSR count). The van der Waals surface area contributed by atoms with Crippen LogP contribution in [0.5, 0.6) is 0 Å². The number of aryl methyl sites for hydroxylation is 1. The Morgan fingerprint density at radius 1 is 1.44 bits per heavy atom. The summed E-state index contributed by atoms with van der Waals surface area (Å²) >= 11 is 5.33. The van der Waals surface area contributed by atoms with Crippen LogP contribution in [0.2, 0.25) is 0 Å². The number of thiocarbonyl (C=S) groups is 1. The molecule has 1 N–H and O–H groups in total. The average Bonchev–Trinajstić information content (AvgIpc) is 2.28. The van der Waals surface area contributed by atoms with Crippen molar-refractivity contribution in [3.8, 4) is 0 Å². The van der Waals surface area contributed by atoms with Crippen LogP contribution < -0.4 is 10.2 Å². The highest BCUT2D eigenvalue weighted by molar-refractivity contribution is 7.80. The molecule has 0 saturated carbocycles. The maximum atomic E-state index is 5.33. The predicted octanol–water partition coefficient (Wildman–Crippen LogP) is 3.11. The molecule has 0 aromatic heterocycles. The van der Waals surface area contributed by atoms with Gasteiger partial charge in [0.15, 0.2) is 5.11 Å². The van der Waals surface area contributed by atoms with E-state index in [4.69, 9.17) is 12.2 Å². The van der Waals surface area contributed by atoms with Gasteiger partial charge in [-0.05, 0) is 43.3 Å². The minimum Gasteiger partial charge on any atom is -0.362 e. The molecule has 0 bridgehead atoms. The van der Waals surface area contributed by atoms with E-state index >= 15 is 0 Å². The lowest BCUT2D eigenvalue weighted by Gasteiger charge is -2.21. The Morgan fingerprint density at radius 2 is 2.19 bits per heavy atom.